The van der Waals surface area contributed by atoms with E-state index in [1.165, 1.54) is 6.92 Å². The Morgan fingerprint density at radius 1 is 1.31 bits per heavy atom. The maximum Gasteiger partial charge on any atom is 0.322 e. The van der Waals surface area contributed by atoms with Gasteiger partial charge in [0.15, 0.2) is 0 Å². The summed E-state index contributed by atoms with van der Waals surface area (Å²) in [6.07, 6.45) is 0. The molecular weight excluding hydrogens is 274 g/mol. The van der Waals surface area contributed by atoms with Crippen LogP contribution in [0.15, 0.2) is 33.2 Å². The second kappa shape index (κ2) is 4.44. The minimum atomic E-state index is -0.244. The van der Waals surface area contributed by atoms with Crippen molar-refractivity contribution in [2.24, 2.45) is 0 Å². The minimum Gasteiger partial charge on any atom is -0.403 e. The molecule has 1 heterocycles. The quantitative estimate of drug-likeness (QED) is 0.918. The van der Waals surface area contributed by atoms with Gasteiger partial charge in [-0.3, -0.25) is 10.1 Å². The lowest BCUT2D eigenvalue weighted by atomic mass is 10.2. The number of aromatic nitrogens is 2. The molecule has 1 amide bonds. The van der Waals surface area contributed by atoms with Crippen LogP contribution < -0.4 is 5.32 Å². The van der Waals surface area contributed by atoms with Gasteiger partial charge >= 0.3 is 6.01 Å². The Labute approximate surface area is 100.0 Å². The van der Waals surface area contributed by atoms with Crippen LogP contribution in [0.5, 0.6) is 0 Å². The average molecular weight is 282 g/mol. The van der Waals surface area contributed by atoms with E-state index in [1.807, 2.05) is 24.3 Å². The molecule has 0 bridgehead atoms. The number of carbonyl (C=O) groups excluding carboxylic acids is 1. The lowest BCUT2D eigenvalue weighted by Gasteiger charge is -1.94. The first-order valence-corrected chi connectivity index (χ1v) is 5.31. The number of nitrogens with one attached hydrogen (secondary N) is 1. The normalized spacial score (nSPS) is 10.1. The van der Waals surface area contributed by atoms with Crippen LogP contribution in [-0.2, 0) is 4.79 Å². The van der Waals surface area contributed by atoms with E-state index in [1.54, 1.807) is 0 Å². The summed E-state index contributed by atoms with van der Waals surface area (Å²) in [6, 6.07) is 7.53. The number of hydrogen-bond donors (Lipinski definition) is 1. The van der Waals surface area contributed by atoms with Crippen molar-refractivity contribution in [2.45, 2.75) is 6.92 Å². The van der Waals surface area contributed by atoms with Crippen LogP contribution in [0.25, 0.3) is 11.5 Å². The summed E-state index contributed by atoms with van der Waals surface area (Å²) in [5.74, 6) is 0.127. The second-order valence-corrected chi connectivity index (χ2v) is 4.02. The molecule has 2 aromatic rings. The summed E-state index contributed by atoms with van der Waals surface area (Å²) in [5, 5.41) is 9.94. The maximum absolute atomic E-state index is 10.8. The van der Waals surface area contributed by atoms with Crippen LogP contribution in [0, 0.1) is 0 Å². The molecule has 82 valence electrons. The van der Waals surface area contributed by atoms with Gasteiger partial charge in [0.05, 0.1) is 0 Å². The van der Waals surface area contributed by atoms with E-state index in [4.69, 9.17) is 4.42 Å². The first-order chi connectivity index (χ1) is 7.65. The molecule has 0 spiro atoms. The van der Waals surface area contributed by atoms with E-state index in [0.29, 0.717) is 5.89 Å². The van der Waals surface area contributed by atoms with Gasteiger partial charge in [0, 0.05) is 17.0 Å². The summed E-state index contributed by atoms with van der Waals surface area (Å²) in [6.45, 7) is 1.38. The number of halogens is 1. The third-order valence-corrected chi connectivity index (χ3v) is 2.33. The summed E-state index contributed by atoms with van der Waals surface area (Å²) in [7, 11) is 0. The number of carbonyl (C=O) groups is 1. The van der Waals surface area contributed by atoms with E-state index in [-0.39, 0.29) is 11.9 Å². The fourth-order valence-corrected chi connectivity index (χ4v) is 1.40. The van der Waals surface area contributed by atoms with Crippen molar-refractivity contribution in [3.05, 3.63) is 28.7 Å². The fraction of sp³-hybridized carbons (Fsp3) is 0.100. The molecule has 0 saturated carbocycles. The van der Waals surface area contributed by atoms with Crippen molar-refractivity contribution < 1.29 is 9.21 Å². The first-order valence-electron chi connectivity index (χ1n) is 4.52. The minimum absolute atomic E-state index is 0.102. The molecule has 0 fully saturated rings. The fourth-order valence-electron chi connectivity index (χ4n) is 1.13. The standard InChI is InChI=1S/C10H8BrN3O2/c1-6(15)12-10-14-13-9(16-10)7-2-4-8(11)5-3-7/h2-5H,1H3,(H,12,14,15). The van der Waals surface area contributed by atoms with Crippen LogP contribution in [-0.4, -0.2) is 16.1 Å². The molecule has 0 atom stereocenters. The molecule has 0 aliphatic heterocycles. The van der Waals surface area contributed by atoms with Crippen LogP contribution in [0.3, 0.4) is 0 Å². The van der Waals surface area contributed by atoms with Crippen LogP contribution in [0.1, 0.15) is 6.92 Å². The van der Waals surface area contributed by atoms with Gasteiger partial charge in [-0.25, -0.2) is 0 Å². The van der Waals surface area contributed by atoms with E-state index in [2.05, 4.69) is 31.4 Å². The SMILES string of the molecule is CC(=O)Nc1nnc(-c2ccc(Br)cc2)o1. The van der Waals surface area contributed by atoms with Crippen molar-refractivity contribution >= 4 is 27.9 Å². The molecule has 0 aliphatic rings. The predicted molar refractivity (Wildman–Crippen MR) is 61.7 cm³/mol. The molecule has 0 aliphatic carbocycles. The zero-order valence-corrected chi connectivity index (χ0v) is 9.98. The van der Waals surface area contributed by atoms with Gasteiger partial charge in [-0.1, -0.05) is 21.0 Å². The average Bonchev–Trinajstić information content (AvgIpc) is 2.66. The van der Waals surface area contributed by atoms with E-state index in [9.17, 15) is 4.79 Å². The highest BCUT2D eigenvalue weighted by atomic mass is 79.9. The lowest BCUT2D eigenvalue weighted by molar-refractivity contribution is -0.114. The number of anilines is 1. The summed E-state index contributed by atoms with van der Waals surface area (Å²) in [5.41, 5.74) is 0.798. The molecule has 0 radical (unpaired) electrons. The molecule has 5 nitrogen and oxygen atoms in total. The molecule has 0 saturated heterocycles. The predicted octanol–water partition coefficient (Wildman–Crippen LogP) is 2.46. The summed E-state index contributed by atoms with van der Waals surface area (Å²) in [4.78, 5) is 10.8. The topological polar surface area (TPSA) is 68.0 Å². The number of amides is 1. The molecule has 1 aromatic heterocycles. The Balaban J connectivity index is 2.24. The van der Waals surface area contributed by atoms with Gasteiger partial charge in [-0.2, -0.15) is 0 Å². The van der Waals surface area contributed by atoms with Crippen molar-refractivity contribution in [1.29, 1.82) is 0 Å². The van der Waals surface area contributed by atoms with E-state index < -0.39 is 0 Å². The second-order valence-electron chi connectivity index (χ2n) is 3.10. The third kappa shape index (κ3) is 2.46. The molecule has 16 heavy (non-hydrogen) atoms. The monoisotopic (exact) mass is 281 g/mol. The van der Waals surface area contributed by atoms with Crippen molar-refractivity contribution in [2.75, 3.05) is 5.32 Å². The largest absolute Gasteiger partial charge is 0.403 e. The number of benzene rings is 1. The maximum atomic E-state index is 10.8. The van der Waals surface area contributed by atoms with Crippen molar-refractivity contribution in [3.63, 3.8) is 0 Å². The zero-order chi connectivity index (χ0) is 11.5. The Hall–Kier alpha value is -1.69. The Bertz CT molecular complexity index is 507. The smallest absolute Gasteiger partial charge is 0.322 e. The number of rotatable bonds is 2. The zero-order valence-electron chi connectivity index (χ0n) is 8.40. The lowest BCUT2D eigenvalue weighted by Crippen LogP contribution is -2.05. The van der Waals surface area contributed by atoms with Crippen molar-refractivity contribution in [1.82, 2.24) is 10.2 Å². The Morgan fingerprint density at radius 3 is 2.62 bits per heavy atom. The van der Waals surface area contributed by atoms with Gasteiger partial charge in [-0.15, -0.1) is 5.10 Å². The molecule has 2 rings (SSSR count). The van der Waals surface area contributed by atoms with Gasteiger partial charge < -0.3 is 4.42 Å². The highest BCUT2D eigenvalue weighted by Crippen LogP contribution is 2.21. The molecule has 1 aromatic carbocycles. The van der Waals surface area contributed by atoms with E-state index in [0.717, 1.165) is 10.0 Å². The Kier molecular flexibility index (Phi) is 3.00. The number of nitrogens with zero attached hydrogens (tertiary/aromatic N) is 2. The molecule has 1 N–H and O–H groups in total. The van der Waals surface area contributed by atoms with Crippen LogP contribution in [0.4, 0.5) is 6.01 Å². The van der Waals surface area contributed by atoms with Gasteiger partial charge in [0.2, 0.25) is 11.8 Å². The summed E-state index contributed by atoms with van der Waals surface area (Å²) >= 11 is 3.33. The van der Waals surface area contributed by atoms with Crippen LogP contribution in [0.2, 0.25) is 0 Å². The first kappa shape index (κ1) is 10.8. The van der Waals surface area contributed by atoms with Crippen LogP contribution >= 0.6 is 15.9 Å². The Morgan fingerprint density at radius 2 is 2.00 bits per heavy atom. The molecule has 0 unspecified atom stereocenters. The highest BCUT2D eigenvalue weighted by molar-refractivity contribution is 9.10. The van der Waals surface area contributed by atoms with E-state index >= 15 is 0 Å². The number of hydrogen-bond acceptors (Lipinski definition) is 4. The third-order valence-electron chi connectivity index (χ3n) is 1.80. The van der Waals surface area contributed by atoms with Gasteiger partial charge in [-0.05, 0) is 24.3 Å². The van der Waals surface area contributed by atoms with Gasteiger partial charge in [0.1, 0.15) is 0 Å². The molecule has 6 heteroatoms. The van der Waals surface area contributed by atoms with Crippen molar-refractivity contribution in [3.8, 4) is 11.5 Å². The highest BCUT2D eigenvalue weighted by Gasteiger charge is 2.08. The molecular formula is C10H8BrN3O2. The summed E-state index contributed by atoms with van der Waals surface area (Å²) < 4.78 is 6.22. The van der Waals surface area contributed by atoms with Gasteiger partial charge in [0.25, 0.3) is 0 Å².